The summed E-state index contributed by atoms with van der Waals surface area (Å²) in [5.41, 5.74) is 3.06. The van der Waals surface area contributed by atoms with Crippen LogP contribution in [0.3, 0.4) is 0 Å². The van der Waals surface area contributed by atoms with Gasteiger partial charge in [-0.05, 0) is 33.0 Å². The number of aromatic nitrogens is 3. The zero-order valence-corrected chi connectivity index (χ0v) is 11.8. The number of rotatable bonds is 4. The van der Waals surface area contributed by atoms with Crippen LogP contribution in [0.25, 0.3) is 11.3 Å². The maximum absolute atomic E-state index is 4.28. The molecule has 1 saturated heterocycles. The van der Waals surface area contributed by atoms with Crippen LogP contribution < -0.4 is 5.32 Å². The average Bonchev–Trinajstić information content (AvgIpc) is 2.96. The fourth-order valence-corrected chi connectivity index (χ4v) is 2.66. The second-order valence-electron chi connectivity index (χ2n) is 5.44. The molecule has 0 aliphatic carbocycles. The maximum atomic E-state index is 4.28. The highest BCUT2D eigenvalue weighted by molar-refractivity contribution is 5.60. The van der Waals surface area contributed by atoms with Crippen LogP contribution in [-0.4, -0.2) is 46.5 Å². The van der Waals surface area contributed by atoms with Crippen molar-refractivity contribution in [3.8, 4) is 11.3 Å². The van der Waals surface area contributed by atoms with Gasteiger partial charge >= 0.3 is 0 Å². The van der Waals surface area contributed by atoms with E-state index in [1.54, 1.807) is 0 Å². The van der Waals surface area contributed by atoms with Crippen molar-refractivity contribution in [2.45, 2.75) is 25.4 Å². The summed E-state index contributed by atoms with van der Waals surface area (Å²) in [6.07, 6.45) is 2.41. The third-order valence-electron chi connectivity index (χ3n) is 3.94. The van der Waals surface area contributed by atoms with E-state index in [9.17, 15) is 0 Å². The third kappa shape index (κ3) is 3.05. The van der Waals surface area contributed by atoms with E-state index >= 15 is 0 Å². The third-order valence-corrected chi connectivity index (χ3v) is 3.94. The highest BCUT2D eigenvalue weighted by Gasteiger charge is 2.17. The highest BCUT2D eigenvalue weighted by Crippen LogP contribution is 2.19. The van der Waals surface area contributed by atoms with Gasteiger partial charge in [0.25, 0.3) is 0 Å². The number of benzene rings is 1. The molecule has 0 radical (unpaired) electrons. The fraction of sp³-hybridized carbons (Fsp3) is 0.467. The molecule has 0 unspecified atom stereocenters. The van der Waals surface area contributed by atoms with Gasteiger partial charge in [0.1, 0.15) is 11.4 Å². The second kappa shape index (κ2) is 6.15. The van der Waals surface area contributed by atoms with Gasteiger partial charge in [0.15, 0.2) is 0 Å². The van der Waals surface area contributed by atoms with E-state index in [2.05, 4.69) is 44.8 Å². The molecule has 20 heavy (non-hydrogen) atoms. The number of likely N-dealkylation sites (tertiary alicyclic amines) is 1. The van der Waals surface area contributed by atoms with Crippen LogP contribution in [-0.2, 0) is 6.54 Å². The van der Waals surface area contributed by atoms with Crippen molar-refractivity contribution in [3.63, 3.8) is 0 Å². The summed E-state index contributed by atoms with van der Waals surface area (Å²) in [5.74, 6) is 0. The van der Waals surface area contributed by atoms with Crippen molar-refractivity contribution < 1.29 is 0 Å². The molecule has 0 bridgehead atoms. The SMILES string of the molecule is CN1CCC(NCc2n[nH]nc2-c2ccccc2)CC1. The molecule has 1 aromatic heterocycles. The van der Waals surface area contributed by atoms with Crippen molar-refractivity contribution in [3.05, 3.63) is 36.0 Å². The number of H-pyrrole nitrogens is 1. The molecular weight excluding hydrogens is 250 g/mol. The number of nitrogens with one attached hydrogen (secondary N) is 2. The molecule has 0 saturated carbocycles. The van der Waals surface area contributed by atoms with E-state index in [4.69, 9.17) is 0 Å². The van der Waals surface area contributed by atoms with Crippen molar-refractivity contribution in [2.24, 2.45) is 0 Å². The quantitative estimate of drug-likeness (QED) is 0.888. The zero-order valence-electron chi connectivity index (χ0n) is 11.8. The van der Waals surface area contributed by atoms with E-state index in [1.807, 2.05) is 18.2 Å². The molecular formula is C15H21N5. The first-order valence-electron chi connectivity index (χ1n) is 7.20. The summed E-state index contributed by atoms with van der Waals surface area (Å²) < 4.78 is 0. The van der Waals surface area contributed by atoms with Gasteiger partial charge in [0.2, 0.25) is 0 Å². The number of hydrogen-bond donors (Lipinski definition) is 2. The van der Waals surface area contributed by atoms with Crippen LogP contribution in [0, 0.1) is 0 Å². The van der Waals surface area contributed by atoms with E-state index in [1.165, 1.54) is 25.9 Å². The molecule has 1 fully saturated rings. The number of piperidine rings is 1. The Balaban J connectivity index is 1.63. The zero-order chi connectivity index (χ0) is 13.8. The highest BCUT2D eigenvalue weighted by atomic mass is 15.3. The first-order chi connectivity index (χ1) is 9.83. The first-order valence-corrected chi connectivity index (χ1v) is 7.20. The molecule has 5 nitrogen and oxygen atoms in total. The lowest BCUT2D eigenvalue weighted by Crippen LogP contribution is -2.40. The lowest BCUT2D eigenvalue weighted by atomic mass is 10.1. The van der Waals surface area contributed by atoms with Crippen molar-refractivity contribution in [1.29, 1.82) is 0 Å². The topological polar surface area (TPSA) is 56.8 Å². The molecule has 1 aromatic carbocycles. The van der Waals surface area contributed by atoms with Gasteiger partial charge in [-0.1, -0.05) is 30.3 Å². The summed E-state index contributed by atoms with van der Waals surface area (Å²) in [7, 11) is 2.18. The molecule has 3 rings (SSSR count). The molecule has 2 heterocycles. The predicted molar refractivity (Wildman–Crippen MR) is 79.2 cm³/mol. The van der Waals surface area contributed by atoms with E-state index in [0.717, 1.165) is 23.5 Å². The van der Waals surface area contributed by atoms with Crippen LogP contribution in [0.2, 0.25) is 0 Å². The van der Waals surface area contributed by atoms with Crippen LogP contribution in [0.15, 0.2) is 30.3 Å². The Morgan fingerprint density at radius 2 is 1.95 bits per heavy atom. The van der Waals surface area contributed by atoms with Gasteiger partial charge in [-0.3, -0.25) is 0 Å². The standard InChI is InChI=1S/C15H21N5/c1-20-9-7-13(8-10-20)16-11-14-15(18-19-17-14)12-5-3-2-4-6-12/h2-6,13,16H,7-11H2,1H3,(H,17,18,19). The molecule has 1 aliphatic rings. The molecule has 2 N–H and O–H groups in total. The van der Waals surface area contributed by atoms with Gasteiger partial charge in [0.05, 0.1) is 0 Å². The molecule has 106 valence electrons. The second-order valence-corrected chi connectivity index (χ2v) is 5.44. The van der Waals surface area contributed by atoms with Crippen molar-refractivity contribution >= 4 is 0 Å². The minimum absolute atomic E-state index is 0.589. The Morgan fingerprint density at radius 3 is 2.70 bits per heavy atom. The number of aromatic amines is 1. The van der Waals surface area contributed by atoms with Gasteiger partial charge in [-0.2, -0.15) is 15.4 Å². The first kappa shape index (κ1) is 13.3. The van der Waals surface area contributed by atoms with Gasteiger partial charge in [0, 0.05) is 18.2 Å². The smallest absolute Gasteiger partial charge is 0.117 e. The molecule has 0 spiro atoms. The summed E-state index contributed by atoms with van der Waals surface area (Å²) >= 11 is 0. The van der Waals surface area contributed by atoms with E-state index in [0.29, 0.717) is 6.04 Å². The predicted octanol–water partition coefficient (Wildman–Crippen LogP) is 1.66. The summed E-state index contributed by atoms with van der Waals surface area (Å²) in [5, 5.41) is 14.9. The summed E-state index contributed by atoms with van der Waals surface area (Å²) in [6.45, 7) is 3.11. The lowest BCUT2D eigenvalue weighted by Gasteiger charge is -2.29. The summed E-state index contributed by atoms with van der Waals surface area (Å²) in [6, 6.07) is 10.8. The van der Waals surface area contributed by atoms with Crippen molar-refractivity contribution in [1.82, 2.24) is 25.6 Å². The van der Waals surface area contributed by atoms with Crippen LogP contribution in [0.5, 0.6) is 0 Å². The average molecular weight is 271 g/mol. The Morgan fingerprint density at radius 1 is 1.20 bits per heavy atom. The monoisotopic (exact) mass is 271 g/mol. The summed E-state index contributed by atoms with van der Waals surface area (Å²) in [4.78, 5) is 2.38. The fourth-order valence-electron chi connectivity index (χ4n) is 2.66. The van der Waals surface area contributed by atoms with Gasteiger partial charge in [-0.25, -0.2) is 0 Å². The number of hydrogen-bond acceptors (Lipinski definition) is 4. The Hall–Kier alpha value is -1.72. The largest absolute Gasteiger partial charge is 0.308 e. The van der Waals surface area contributed by atoms with Crippen molar-refractivity contribution in [2.75, 3.05) is 20.1 Å². The lowest BCUT2D eigenvalue weighted by molar-refractivity contribution is 0.234. The van der Waals surface area contributed by atoms with Gasteiger partial charge < -0.3 is 10.2 Å². The molecule has 0 atom stereocenters. The van der Waals surface area contributed by atoms with Crippen LogP contribution in [0.4, 0.5) is 0 Å². The Bertz CT molecular complexity index is 528. The van der Waals surface area contributed by atoms with E-state index in [-0.39, 0.29) is 0 Å². The van der Waals surface area contributed by atoms with E-state index < -0.39 is 0 Å². The molecule has 0 amide bonds. The molecule has 2 aromatic rings. The minimum atomic E-state index is 0.589. The minimum Gasteiger partial charge on any atom is -0.308 e. The Kier molecular flexibility index (Phi) is 4.08. The molecule has 1 aliphatic heterocycles. The van der Waals surface area contributed by atoms with Crippen LogP contribution in [0.1, 0.15) is 18.5 Å². The molecule has 5 heteroatoms. The van der Waals surface area contributed by atoms with Gasteiger partial charge in [-0.15, -0.1) is 0 Å². The maximum Gasteiger partial charge on any atom is 0.117 e. The van der Waals surface area contributed by atoms with Crippen LogP contribution >= 0.6 is 0 Å². The number of nitrogens with zero attached hydrogens (tertiary/aromatic N) is 3. The normalized spacial score (nSPS) is 17.4. The Labute approximate surface area is 119 Å².